The second kappa shape index (κ2) is 12.9. The lowest BCUT2D eigenvalue weighted by atomic mass is 9.92. The molecule has 0 radical (unpaired) electrons. The highest BCUT2D eigenvalue weighted by Crippen LogP contribution is 2.39. The number of fused-ring (bicyclic) bond motifs is 1. The van der Waals surface area contributed by atoms with Gasteiger partial charge in [-0.25, -0.2) is 19.8 Å². The van der Waals surface area contributed by atoms with E-state index in [0.29, 0.717) is 52.9 Å². The fraction of sp³-hybridized carbons (Fsp3) is 0.182. The highest BCUT2D eigenvalue weighted by molar-refractivity contribution is 7.99. The van der Waals surface area contributed by atoms with Gasteiger partial charge in [0.2, 0.25) is 0 Å². The van der Waals surface area contributed by atoms with Gasteiger partial charge in [0, 0.05) is 33.6 Å². The molecule has 1 atom stereocenters. The fourth-order valence-electron chi connectivity index (χ4n) is 5.08. The van der Waals surface area contributed by atoms with Crippen LogP contribution >= 0.6 is 34.7 Å². The van der Waals surface area contributed by atoms with E-state index in [4.69, 9.17) is 30.5 Å². The Bertz CT molecular complexity index is 2120. The van der Waals surface area contributed by atoms with Gasteiger partial charge in [-0.1, -0.05) is 53.3 Å². The number of hydrogen-bond donors (Lipinski definition) is 0. The van der Waals surface area contributed by atoms with E-state index >= 15 is 0 Å². The lowest BCUT2D eigenvalue weighted by Gasteiger charge is -2.27. The van der Waals surface area contributed by atoms with Gasteiger partial charge in [0.25, 0.3) is 5.56 Å². The van der Waals surface area contributed by atoms with E-state index in [0.717, 1.165) is 11.4 Å². The minimum atomic E-state index is -0.935. The molecular formula is C33H27ClN4O5S2. The van der Waals surface area contributed by atoms with Crippen molar-refractivity contribution in [2.75, 3.05) is 13.7 Å². The van der Waals surface area contributed by atoms with Crippen LogP contribution in [-0.4, -0.2) is 34.2 Å². The molecule has 1 aliphatic heterocycles. The Morgan fingerprint density at radius 3 is 2.56 bits per heavy atom. The van der Waals surface area contributed by atoms with Crippen LogP contribution in [0.2, 0.25) is 5.02 Å². The molecule has 9 nitrogen and oxygen atoms in total. The second-order valence-electron chi connectivity index (χ2n) is 10.0. The Morgan fingerprint density at radius 2 is 1.84 bits per heavy atom. The first-order valence-corrected chi connectivity index (χ1v) is 16.0. The van der Waals surface area contributed by atoms with Gasteiger partial charge in [0.15, 0.2) is 15.1 Å². The summed E-state index contributed by atoms with van der Waals surface area (Å²) in [6, 6.07) is 19.0. The lowest BCUT2D eigenvalue weighted by molar-refractivity contribution is -0.138. The third kappa shape index (κ3) is 6.24. The van der Waals surface area contributed by atoms with E-state index in [1.54, 1.807) is 43.3 Å². The zero-order valence-electron chi connectivity index (χ0n) is 24.7. The number of methoxy groups -OCH3 is 1. The largest absolute Gasteiger partial charge is 0.496 e. The number of carbonyl (C=O) groups excluding carboxylic acids is 1. The number of aromatic nitrogens is 3. The topological polar surface area (TPSA) is 109 Å². The molecule has 6 rings (SSSR count). The van der Waals surface area contributed by atoms with Gasteiger partial charge in [-0.05, 0) is 68.9 Å². The maximum absolute atomic E-state index is 14.2. The first-order valence-electron chi connectivity index (χ1n) is 14.0. The summed E-state index contributed by atoms with van der Waals surface area (Å²) in [5, 5.41) is 1.57. The summed E-state index contributed by atoms with van der Waals surface area (Å²) in [7, 11) is 1.53. The maximum Gasteiger partial charge on any atom is 0.338 e. The molecule has 0 aliphatic carbocycles. The number of carbonyl (C=O) groups is 1. The number of aryl methyl sites for hydroxylation is 2. The molecule has 228 valence electrons. The zero-order valence-corrected chi connectivity index (χ0v) is 27.1. The van der Waals surface area contributed by atoms with Crippen LogP contribution in [0, 0.1) is 13.8 Å². The molecule has 5 aromatic rings. The van der Waals surface area contributed by atoms with E-state index in [2.05, 4.69) is 9.97 Å². The first-order chi connectivity index (χ1) is 21.7. The molecule has 0 bridgehead atoms. The van der Waals surface area contributed by atoms with Crippen molar-refractivity contribution in [3.63, 3.8) is 0 Å². The number of furan rings is 1. The molecule has 0 saturated carbocycles. The molecule has 12 heteroatoms. The number of benzene rings is 2. The van der Waals surface area contributed by atoms with Crippen LogP contribution in [0.25, 0.3) is 11.8 Å². The standard InChI is InChI=1S/C33H27ClN4O5S2/c1-5-42-31(40)27-28(20-9-7-6-8-10-20)37-33-38(29(27)23-16-21(34)11-13-24(23)41-4)30(39)25(44-33)17-22-12-14-26(43-22)45-32-35-18(2)15-19(3)36-32/h6-17,29H,5H2,1-4H3/b25-17-/t29-/m0/s1. The van der Waals surface area contributed by atoms with Crippen molar-refractivity contribution in [3.8, 4) is 5.75 Å². The first kappa shape index (κ1) is 30.6. The summed E-state index contributed by atoms with van der Waals surface area (Å²) in [5.41, 5.74) is 3.19. The smallest absolute Gasteiger partial charge is 0.338 e. The van der Waals surface area contributed by atoms with Crippen LogP contribution < -0.4 is 19.6 Å². The average molecular weight is 659 g/mol. The third-order valence-electron chi connectivity index (χ3n) is 6.89. The van der Waals surface area contributed by atoms with Gasteiger partial charge >= 0.3 is 5.97 Å². The Kier molecular flexibility index (Phi) is 8.75. The van der Waals surface area contributed by atoms with Crippen molar-refractivity contribution >= 4 is 52.4 Å². The molecule has 0 amide bonds. The number of thiazole rings is 1. The predicted molar refractivity (Wildman–Crippen MR) is 173 cm³/mol. The van der Waals surface area contributed by atoms with Crippen LogP contribution in [0.5, 0.6) is 5.75 Å². The van der Waals surface area contributed by atoms with Crippen molar-refractivity contribution in [2.24, 2.45) is 4.99 Å². The number of ether oxygens (including phenoxy) is 2. The van der Waals surface area contributed by atoms with Crippen LogP contribution in [0.4, 0.5) is 0 Å². The molecule has 0 fully saturated rings. The van der Waals surface area contributed by atoms with E-state index in [1.165, 1.54) is 34.8 Å². The number of esters is 1. The number of rotatable bonds is 8. The van der Waals surface area contributed by atoms with E-state index in [9.17, 15) is 9.59 Å². The van der Waals surface area contributed by atoms with Crippen molar-refractivity contribution in [2.45, 2.75) is 37.1 Å². The maximum atomic E-state index is 14.2. The monoisotopic (exact) mass is 658 g/mol. The summed E-state index contributed by atoms with van der Waals surface area (Å²) in [6.45, 7) is 5.69. The molecule has 3 aromatic heterocycles. The summed E-state index contributed by atoms with van der Waals surface area (Å²) in [6.07, 6.45) is 1.67. The minimum Gasteiger partial charge on any atom is -0.496 e. The highest BCUT2D eigenvalue weighted by Gasteiger charge is 2.37. The third-order valence-corrected chi connectivity index (χ3v) is 8.89. The summed E-state index contributed by atoms with van der Waals surface area (Å²) in [4.78, 5) is 42.1. The molecule has 0 unspecified atom stereocenters. The fourth-order valence-corrected chi connectivity index (χ4v) is 7.07. The highest BCUT2D eigenvalue weighted by atomic mass is 35.5. The van der Waals surface area contributed by atoms with E-state index in [1.807, 2.05) is 50.2 Å². The van der Waals surface area contributed by atoms with Gasteiger partial charge in [0.1, 0.15) is 17.6 Å². The Balaban J connectivity index is 1.54. The second-order valence-corrected chi connectivity index (χ2v) is 12.4. The van der Waals surface area contributed by atoms with E-state index in [-0.39, 0.29) is 17.7 Å². The Morgan fingerprint density at radius 1 is 1.09 bits per heavy atom. The molecular weight excluding hydrogens is 632 g/mol. The van der Waals surface area contributed by atoms with Crippen LogP contribution in [0.1, 0.15) is 41.2 Å². The van der Waals surface area contributed by atoms with Gasteiger partial charge in [-0.3, -0.25) is 9.36 Å². The molecule has 2 aromatic carbocycles. The molecule has 0 N–H and O–H groups in total. The normalized spacial score (nSPS) is 14.7. The van der Waals surface area contributed by atoms with Crippen LogP contribution in [0.3, 0.4) is 0 Å². The van der Waals surface area contributed by atoms with Gasteiger partial charge in [-0.15, -0.1) is 0 Å². The van der Waals surface area contributed by atoms with E-state index < -0.39 is 12.0 Å². The van der Waals surface area contributed by atoms with Crippen LogP contribution in [-0.2, 0) is 9.53 Å². The average Bonchev–Trinajstić information content (AvgIpc) is 3.59. The quantitative estimate of drug-likeness (QED) is 0.153. The van der Waals surface area contributed by atoms with Gasteiger partial charge in [0.05, 0.1) is 29.5 Å². The Hall–Kier alpha value is -4.45. The van der Waals surface area contributed by atoms with Crippen molar-refractivity contribution in [1.29, 1.82) is 0 Å². The summed E-state index contributed by atoms with van der Waals surface area (Å²) >= 11 is 8.95. The summed E-state index contributed by atoms with van der Waals surface area (Å²) in [5.74, 6) is 0.330. The van der Waals surface area contributed by atoms with Crippen molar-refractivity contribution in [3.05, 3.63) is 125 Å². The number of halogens is 1. The zero-order chi connectivity index (χ0) is 31.7. The van der Waals surface area contributed by atoms with Gasteiger partial charge in [-0.2, -0.15) is 0 Å². The molecule has 0 spiro atoms. The molecule has 45 heavy (non-hydrogen) atoms. The van der Waals surface area contributed by atoms with Gasteiger partial charge < -0.3 is 13.9 Å². The molecule has 4 heterocycles. The predicted octanol–water partition coefficient (Wildman–Crippen LogP) is 5.75. The lowest BCUT2D eigenvalue weighted by Crippen LogP contribution is -2.40. The summed E-state index contributed by atoms with van der Waals surface area (Å²) < 4.78 is 19.1. The number of hydrogen-bond acceptors (Lipinski definition) is 10. The van der Waals surface area contributed by atoms with Crippen LogP contribution in [0.15, 0.2) is 96.8 Å². The minimum absolute atomic E-state index is 0.139. The van der Waals surface area contributed by atoms with Crippen molar-refractivity contribution in [1.82, 2.24) is 14.5 Å². The van der Waals surface area contributed by atoms with Crippen molar-refractivity contribution < 1.29 is 18.7 Å². The molecule has 0 saturated heterocycles. The SMILES string of the molecule is CCOC(=O)C1=C(c2ccccc2)N=c2s/c(=C\c3ccc(Sc4nc(C)cc(C)n4)o3)c(=O)n2[C@H]1c1cc(Cl)ccc1OC. The molecule has 1 aliphatic rings. The number of nitrogens with zero attached hydrogens (tertiary/aromatic N) is 4. The Labute approximate surface area is 271 Å².